The van der Waals surface area contributed by atoms with E-state index in [2.05, 4.69) is 41.4 Å². The van der Waals surface area contributed by atoms with E-state index in [-0.39, 0.29) is 11.1 Å². The lowest BCUT2D eigenvalue weighted by Gasteiger charge is -2.13. The van der Waals surface area contributed by atoms with Gasteiger partial charge in [0.15, 0.2) is 5.75 Å². The Labute approximate surface area is 247 Å². The van der Waals surface area contributed by atoms with Gasteiger partial charge >= 0.3 is 15.6 Å². The van der Waals surface area contributed by atoms with Gasteiger partial charge in [0.2, 0.25) is 0 Å². The molecule has 0 aliphatic heterocycles. The van der Waals surface area contributed by atoms with Gasteiger partial charge in [-0.1, -0.05) is 108 Å². The highest BCUT2D eigenvalue weighted by Gasteiger charge is 2.48. The van der Waals surface area contributed by atoms with Crippen LogP contribution < -0.4 is 4.18 Å². The third-order valence-electron chi connectivity index (χ3n) is 6.92. The molecule has 0 unspecified atom stereocenters. The van der Waals surface area contributed by atoms with Gasteiger partial charge in [-0.15, -0.1) is 0 Å². The molecule has 0 fully saturated rings. The van der Waals surface area contributed by atoms with Crippen LogP contribution in [0.3, 0.4) is 0 Å². The lowest BCUT2D eigenvalue weighted by atomic mass is 10.00. The maximum atomic E-state index is 12.7. The van der Waals surface area contributed by atoms with Gasteiger partial charge in [-0.2, -0.15) is 21.6 Å². The Morgan fingerprint density at radius 1 is 0.581 bits per heavy atom. The fourth-order valence-corrected chi connectivity index (χ4v) is 5.09. The maximum Gasteiger partial charge on any atom is 0.534 e. The number of fused-ring (bicyclic) bond motifs is 2. The SMILES string of the molecule is Cc1ccc(-c2cc(O)c3ccccc3c2)cc1.Cc1ccc(-c2cc(OS(=O)(=O)C(F)(F)F)c3ccccc3c2)cc1. The standard InChI is InChI=1S/C18H13F3O3S.C17H14O/c1-12-6-8-13(9-7-12)15-10-14-4-2-3-5-16(14)17(11-15)24-25(22,23)18(19,20)21;1-12-6-8-13(9-7-12)15-10-14-4-2-3-5-16(14)17(18)11-15/h2-11H,1H3;2-11,18H,1H3. The van der Waals surface area contributed by atoms with Gasteiger partial charge in [0.25, 0.3) is 0 Å². The molecule has 43 heavy (non-hydrogen) atoms. The highest BCUT2D eigenvalue weighted by molar-refractivity contribution is 7.88. The predicted molar refractivity (Wildman–Crippen MR) is 166 cm³/mol. The molecule has 0 aliphatic carbocycles. The number of phenols is 1. The quantitative estimate of drug-likeness (QED) is 0.162. The lowest BCUT2D eigenvalue weighted by molar-refractivity contribution is -0.0499. The molecule has 0 saturated heterocycles. The Morgan fingerprint density at radius 3 is 1.53 bits per heavy atom. The minimum absolute atomic E-state index is 0.284. The Hall–Kier alpha value is -4.82. The first-order valence-corrected chi connectivity index (χ1v) is 14.7. The topological polar surface area (TPSA) is 63.6 Å². The number of rotatable bonds is 4. The summed E-state index contributed by atoms with van der Waals surface area (Å²) in [6, 6.07) is 37.1. The van der Waals surface area contributed by atoms with Crippen LogP contribution in [0.4, 0.5) is 13.2 Å². The van der Waals surface area contributed by atoms with Crippen molar-refractivity contribution in [1.82, 2.24) is 0 Å². The van der Waals surface area contributed by atoms with Crippen LogP contribution in [0, 0.1) is 13.8 Å². The van der Waals surface area contributed by atoms with Crippen LogP contribution in [0.25, 0.3) is 43.8 Å². The summed E-state index contributed by atoms with van der Waals surface area (Å²) < 4.78 is 65.3. The Kier molecular flexibility index (Phi) is 8.15. The minimum Gasteiger partial charge on any atom is -0.507 e. The summed E-state index contributed by atoms with van der Waals surface area (Å²) in [5.41, 5.74) is 0.252. The first kappa shape index (κ1) is 29.7. The molecular weight excluding hydrogens is 573 g/mol. The molecule has 0 saturated carbocycles. The molecule has 0 radical (unpaired) electrons. The smallest absolute Gasteiger partial charge is 0.507 e. The van der Waals surface area contributed by atoms with Crippen molar-refractivity contribution in [3.8, 4) is 33.8 Å². The number of hydrogen-bond donors (Lipinski definition) is 1. The maximum absolute atomic E-state index is 12.7. The first-order chi connectivity index (χ1) is 20.4. The van der Waals surface area contributed by atoms with Crippen molar-refractivity contribution in [2.24, 2.45) is 0 Å². The normalized spacial score (nSPS) is 11.7. The fraction of sp³-hybridized carbons (Fsp3) is 0.0857. The third kappa shape index (κ3) is 6.65. The molecule has 6 aromatic rings. The van der Waals surface area contributed by atoms with Crippen molar-refractivity contribution in [3.63, 3.8) is 0 Å². The Morgan fingerprint density at radius 2 is 1.02 bits per heavy atom. The van der Waals surface area contributed by atoms with Gasteiger partial charge in [-0.05, 0) is 71.1 Å². The zero-order valence-electron chi connectivity index (χ0n) is 23.3. The minimum atomic E-state index is -5.75. The second-order valence-electron chi connectivity index (χ2n) is 10.1. The monoisotopic (exact) mass is 600 g/mol. The number of phenolic OH excluding ortho intramolecular Hbond substituents is 1. The van der Waals surface area contributed by atoms with Crippen molar-refractivity contribution >= 4 is 31.7 Å². The van der Waals surface area contributed by atoms with Crippen LogP contribution >= 0.6 is 0 Å². The highest BCUT2D eigenvalue weighted by Crippen LogP contribution is 2.36. The molecular formula is C35H27F3O4S. The van der Waals surface area contributed by atoms with Crippen LogP contribution in [0.5, 0.6) is 11.5 Å². The van der Waals surface area contributed by atoms with E-state index in [1.165, 1.54) is 17.7 Å². The zero-order valence-corrected chi connectivity index (χ0v) is 24.1. The van der Waals surface area contributed by atoms with Crippen LogP contribution in [0.2, 0.25) is 0 Å². The number of benzene rings is 6. The van der Waals surface area contributed by atoms with E-state index in [1.54, 1.807) is 24.3 Å². The second-order valence-corrected chi connectivity index (χ2v) is 11.7. The highest BCUT2D eigenvalue weighted by atomic mass is 32.2. The molecule has 6 aromatic carbocycles. The second kappa shape index (κ2) is 11.8. The summed E-state index contributed by atoms with van der Waals surface area (Å²) in [6.07, 6.45) is 0. The van der Waals surface area contributed by atoms with Crippen molar-refractivity contribution in [2.45, 2.75) is 19.4 Å². The number of halogens is 3. The molecule has 0 aliphatic rings. The van der Waals surface area contributed by atoms with E-state index in [1.807, 2.05) is 61.5 Å². The lowest BCUT2D eigenvalue weighted by Crippen LogP contribution is -2.28. The average Bonchev–Trinajstić information content (AvgIpc) is 2.97. The van der Waals surface area contributed by atoms with Gasteiger partial charge in [0.1, 0.15) is 5.75 Å². The summed E-state index contributed by atoms with van der Waals surface area (Å²) in [4.78, 5) is 0. The van der Waals surface area contributed by atoms with Gasteiger partial charge in [-0.25, -0.2) is 0 Å². The van der Waals surface area contributed by atoms with Crippen LogP contribution in [-0.2, 0) is 10.1 Å². The van der Waals surface area contributed by atoms with Gasteiger partial charge in [-0.3, -0.25) is 0 Å². The number of hydrogen-bond acceptors (Lipinski definition) is 4. The molecule has 218 valence electrons. The van der Waals surface area contributed by atoms with Crippen molar-refractivity contribution < 1.29 is 30.9 Å². The van der Waals surface area contributed by atoms with E-state index in [9.17, 15) is 26.7 Å². The zero-order chi connectivity index (χ0) is 30.8. The molecule has 0 bridgehead atoms. The molecule has 1 N–H and O–H groups in total. The van der Waals surface area contributed by atoms with E-state index >= 15 is 0 Å². The summed E-state index contributed by atoms with van der Waals surface area (Å²) in [7, 11) is -5.75. The molecule has 0 amide bonds. The van der Waals surface area contributed by atoms with Gasteiger partial charge < -0.3 is 9.29 Å². The van der Waals surface area contributed by atoms with Crippen molar-refractivity contribution in [3.05, 3.63) is 132 Å². The third-order valence-corrected chi connectivity index (χ3v) is 7.88. The fourth-order valence-electron chi connectivity index (χ4n) is 4.63. The van der Waals surface area contributed by atoms with E-state index in [0.717, 1.165) is 33.0 Å². The Balaban J connectivity index is 0.000000180. The van der Waals surface area contributed by atoms with Crippen molar-refractivity contribution in [2.75, 3.05) is 0 Å². The molecule has 0 atom stereocenters. The van der Waals surface area contributed by atoms with E-state index in [4.69, 9.17) is 0 Å². The van der Waals surface area contributed by atoms with Gasteiger partial charge in [0.05, 0.1) is 0 Å². The molecule has 8 heteroatoms. The summed E-state index contributed by atoms with van der Waals surface area (Å²) in [5.74, 6) is -0.0188. The molecule has 6 rings (SSSR count). The summed E-state index contributed by atoms with van der Waals surface area (Å²) >= 11 is 0. The number of aromatic hydroxyl groups is 1. The summed E-state index contributed by atoms with van der Waals surface area (Å²) in [6.45, 7) is 3.98. The Bertz CT molecular complexity index is 2020. The first-order valence-electron chi connectivity index (χ1n) is 13.3. The average molecular weight is 601 g/mol. The van der Waals surface area contributed by atoms with E-state index < -0.39 is 15.6 Å². The predicted octanol–water partition coefficient (Wildman–Crippen LogP) is 9.56. The van der Waals surface area contributed by atoms with Gasteiger partial charge in [0, 0.05) is 10.8 Å². The molecule has 4 nitrogen and oxygen atoms in total. The number of alkyl halides is 3. The van der Waals surface area contributed by atoms with Crippen molar-refractivity contribution in [1.29, 1.82) is 0 Å². The van der Waals surface area contributed by atoms with Crippen LogP contribution in [0.1, 0.15) is 11.1 Å². The van der Waals surface area contributed by atoms with Crippen LogP contribution in [0.15, 0.2) is 121 Å². The largest absolute Gasteiger partial charge is 0.534 e. The van der Waals surface area contributed by atoms with E-state index in [0.29, 0.717) is 16.7 Å². The molecule has 0 spiro atoms. The summed E-state index contributed by atoms with van der Waals surface area (Å²) in [5, 5.41) is 12.9. The molecule has 0 aromatic heterocycles. The van der Waals surface area contributed by atoms with Crippen LogP contribution in [-0.4, -0.2) is 19.0 Å². The molecule has 0 heterocycles. The number of aryl methyl sites for hydroxylation is 2.